The first-order chi connectivity index (χ1) is 55.2. The Morgan fingerprint density at radius 3 is 1.43 bits per heavy atom. The molecule has 1 aromatic heterocycles. The number of phenolic OH excluding ortho intramolecular Hbond substituents is 1. The Bertz CT molecular complexity index is 5760. The highest BCUT2D eigenvalue weighted by molar-refractivity contribution is 8.13. The normalized spacial score (nSPS) is 12.8. The van der Waals surface area contributed by atoms with Crippen molar-refractivity contribution in [2.24, 2.45) is 0 Å². The first kappa shape index (κ1) is 92.2. The molecule has 117 heavy (non-hydrogen) atoms. The number of aromatic nitrogens is 2. The van der Waals surface area contributed by atoms with Crippen LogP contribution in [0.25, 0.3) is 19.4 Å². The van der Waals surface area contributed by atoms with Crippen LogP contribution in [0.1, 0.15) is 13.8 Å². The van der Waals surface area contributed by atoms with Crippen LogP contribution in [0.15, 0.2) is 179 Å². The SMILES string of the molecule is Nc1ccncn1.O=S(=O)(O)Cl.Oc1c(F)c(F)c(F)c(F)c1F.[C-]#[N+]/C(C)=C(/C)N1CCOc2cc(S(=O)(=O)Cl)ccc21.[C-]#[N+]c1cc(Cl)ccc1F.[C-]#[N+]c1cc(Cl)ccc1N1CCOc2cc(S(=O)(=O)Oc3c(F)c(F)c(F)c(F)c3F)ccc21.[C-]#[N+]c1cc(Cl)ccc1N1CCOc2ccccc21.c1ccc2c(c1)NCCO2. The predicted octanol–water partition coefficient (Wildman–Crippen LogP) is 20.0. The van der Waals surface area contributed by atoms with E-state index in [-0.39, 0.29) is 28.6 Å². The number of rotatable bonds is 7. The lowest BCUT2D eigenvalue weighted by molar-refractivity contribution is 0.311. The maximum Gasteiger partial charge on any atom is 0.353 e. The monoisotopic (exact) mass is 1780 g/mol. The molecule has 9 aromatic carbocycles. The number of fused-ring (bicyclic) bond motifs is 4. The maximum absolute atomic E-state index is 13.9. The van der Waals surface area contributed by atoms with Crippen molar-refractivity contribution in [1.29, 1.82) is 0 Å². The van der Waals surface area contributed by atoms with E-state index in [0.717, 1.165) is 71.8 Å². The number of phenols is 1. The van der Waals surface area contributed by atoms with E-state index < -0.39 is 109 Å². The highest BCUT2D eigenvalue weighted by atomic mass is 35.7. The Morgan fingerprint density at radius 1 is 0.513 bits per heavy atom. The van der Waals surface area contributed by atoms with Crippen molar-refractivity contribution in [3.8, 4) is 34.5 Å². The number of hydrogen-bond acceptors (Lipinski definition) is 19. The molecule has 0 unspecified atom stereocenters. The van der Waals surface area contributed by atoms with Gasteiger partial charge in [0.1, 0.15) is 72.3 Å². The van der Waals surface area contributed by atoms with Crippen LogP contribution in [-0.2, 0) is 28.5 Å². The second-order valence-electron chi connectivity index (χ2n) is 22.8. The van der Waals surface area contributed by atoms with Gasteiger partial charge in [0.05, 0.1) is 73.6 Å². The fourth-order valence-corrected chi connectivity index (χ4v) is 12.2. The quantitative estimate of drug-likeness (QED) is 0.0219. The first-order valence-electron chi connectivity index (χ1n) is 32.3. The van der Waals surface area contributed by atoms with Crippen molar-refractivity contribution in [1.82, 2.24) is 9.97 Å². The predicted molar refractivity (Wildman–Crippen MR) is 414 cm³/mol. The number of nitrogens with two attached hydrogens (primary N) is 1. The number of benzene rings is 9. The minimum absolute atomic E-state index is 0.00306. The molecule has 10 aromatic rings. The Labute approximate surface area is 684 Å². The summed E-state index contributed by atoms with van der Waals surface area (Å²) >= 11 is 17.4. The zero-order valence-electron chi connectivity index (χ0n) is 59.4. The van der Waals surface area contributed by atoms with Gasteiger partial charge in [-0.1, -0.05) is 59.1 Å². The van der Waals surface area contributed by atoms with Crippen molar-refractivity contribution < 1.29 is 106 Å². The van der Waals surface area contributed by atoms with Crippen LogP contribution in [0.2, 0.25) is 15.1 Å². The fraction of sp³-hybridized carbons (Fsp3) is 0.135. The number of nitrogen functional groups attached to an aromatic ring is 1. The molecule has 5 N–H and O–H groups in total. The molecule has 24 nitrogen and oxygen atoms in total. The van der Waals surface area contributed by atoms with E-state index >= 15 is 0 Å². The fourth-order valence-electron chi connectivity index (χ4n) is 10.00. The largest absolute Gasteiger partial charge is 0.503 e. The van der Waals surface area contributed by atoms with Gasteiger partial charge in [-0.2, -0.15) is 34.4 Å². The van der Waals surface area contributed by atoms with Gasteiger partial charge in [-0.3, -0.25) is 4.55 Å². The molecule has 0 fully saturated rings. The number of nitrogens with zero attached hydrogens (tertiary/aromatic N) is 9. The van der Waals surface area contributed by atoms with E-state index in [4.69, 9.17) is 115 Å². The summed E-state index contributed by atoms with van der Waals surface area (Å²) in [5.41, 5.74) is 11.9. The van der Waals surface area contributed by atoms with Crippen LogP contribution in [0, 0.1) is 90.3 Å². The van der Waals surface area contributed by atoms with Gasteiger partial charge in [0, 0.05) is 78.4 Å². The summed E-state index contributed by atoms with van der Waals surface area (Å²) in [6.07, 6.45) is 3.01. The number of allylic oxidation sites excluding steroid dienone is 2. The second kappa shape index (κ2) is 41.6. The van der Waals surface area contributed by atoms with Crippen molar-refractivity contribution in [3.63, 3.8) is 0 Å². The summed E-state index contributed by atoms with van der Waals surface area (Å²) in [5, 5.41) is 12.8. The number of anilines is 7. The lowest BCUT2D eigenvalue weighted by atomic mass is 10.2. The summed E-state index contributed by atoms with van der Waals surface area (Å²) in [5.74, 6) is -24.7. The zero-order chi connectivity index (χ0) is 86.4. The molecule has 0 amide bonds. The van der Waals surface area contributed by atoms with E-state index in [1.807, 2.05) is 72.5 Å². The van der Waals surface area contributed by atoms with Crippen molar-refractivity contribution in [3.05, 3.63) is 294 Å². The molecule has 0 saturated heterocycles. The molecule has 0 radical (unpaired) electrons. The number of para-hydroxylation sites is 4. The zero-order valence-corrected chi connectivity index (χ0v) is 65.7. The summed E-state index contributed by atoms with van der Waals surface area (Å²) in [6, 6.07) is 39.1. The molecule has 0 bridgehead atoms. The van der Waals surface area contributed by atoms with Gasteiger partial charge in [0.2, 0.25) is 81.0 Å². The van der Waals surface area contributed by atoms with E-state index in [9.17, 15) is 65.1 Å². The van der Waals surface area contributed by atoms with Crippen molar-refractivity contribution >= 4 is 142 Å². The Kier molecular flexibility index (Phi) is 32.8. The number of hydrogen-bond donors (Lipinski definition) is 4. The molecule has 612 valence electrons. The summed E-state index contributed by atoms with van der Waals surface area (Å²) in [4.78, 5) is 25.7. The van der Waals surface area contributed by atoms with Gasteiger partial charge in [-0.05, 0) is 123 Å². The number of nitrogens with one attached hydrogen (secondary N) is 1. The van der Waals surface area contributed by atoms with Crippen molar-refractivity contribution in [2.75, 3.05) is 78.4 Å². The van der Waals surface area contributed by atoms with Crippen LogP contribution in [-0.4, -0.2) is 97.5 Å². The molecule has 4 aliphatic heterocycles. The van der Waals surface area contributed by atoms with Gasteiger partial charge in [0.25, 0.3) is 9.05 Å². The molecule has 0 aliphatic carbocycles. The van der Waals surface area contributed by atoms with Gasteiger partial charge in [-0.15, -0.1) is 0 Å². The van der Waals surface area contributed by atoms with E-state index in [2.05, 4.69) is 54.4 Å². The topological polar surface area (TPSA) is 280 Å². The number of halogens is 16. The lowest BCUT2D eigenvalue weighted by Crippen LogP contribution is -2.31. The molecule has 0 spiro atoms. The minimum atomic E-state index is -5.04. The van der Waals surface area contributed by atoms with E-state index in [0.29, 0.717) is 75.7 Å². The summed E-state index contributed by atoms with van der Waals surface area (Å²) in [6.45, 7) is 36.3. The molecule has 4 aliphatic rings. The standard InChI is InChI=1S/C21H10ClF5N2O4S.C15H11ClN2O.C13H13ClN2O3S.C8H9NO.C7H3ClFN.C6HF5O.C4H5N3.ClHO3S/c1-28-12-8-10(22)2-4-13(12)29-6-7-32-15-9-11(3-5-14(15)29)34(30,31)33-21-19(26)17(24)16(23)18(25)20(21)27;1-17-12-10-11(16)6-7-13(12)18-8-9-19-15-5-3-2-4-14(15)18;1-9(15-3)10(2)16-6-7-19-13-8-11(20(14,17)18)4-5-12(13)16;1-2-4-8-7(3-1)9-5-6-10-8;1-10-7-4-5(8)2-3-6(7)9;7-1-2(8)4(10)6(12)5(11)3(1)9;5-4-1-2-6-3-7-4;1-5(2,3)4/h2-5,8-9H,6-7H2;2-7,10H,8-9H2;4-5,8H,6-7H2,1-2H3;1-4,9H,5-6H2;2-4H;12H;1-3H,(H2,5,6,7);(H,2,3,4)/b;;10-9-;;;;;. The Balaban J connectivity index is 0.000000198. The molecule has 14 rings (SSSR count). The molecular formula is C74H53Cl5F11N11O13S3. The highest BCUT2D eigenvalue weighted by Gasteiger charge is 2.33. The Hall–Kier alpha value is -12.0. The average molecular weight is 1790 g/mol. The van der Waals surface area contributed by atoms with E-state index in [1.54, 1.807) is 48.4 Å². The minimum Gasteiger partial charge on any atom is -0.503 e. The third-order valence-electron chi connectivity index (χ3n) is 15.4. The molecule has 0 saturated carbocycles. The molecule has 0 atom stereocenters. The van der Waals surface area contributed by atoms with Crippen LogP contribution in [0.4, 0.5) is 105 Å². The highest BCUT2D eigenvalue weighted by Crippen LogP contribution is 2.45. The molecule has 43 heteroatoms. The van der Waals surface area contributed by atoms with E-state index in [1.165, 1.54) is 48.8 Å². The van der Waals surface area contributed by atoms with Gasteiger partial charge in [0.15, 0.2) is 11.4 Å². The van der Waals surface area contributed by atoms with Crippen molar-refractivity contribution in [2.45, 2.75) is 23.6 Å². The third kappa shape index (κ3) is 24.8. The summed E-state index contributed by atoms with van der Waals surface area (Å²) < 4.78 is 240. The van der Waals surface area contributed by atoms with Crippen LogP contribution >= 0.6 is 56.2 Å². The number of aromatic hydroxyl groups is 1. The van der Waals surface area contributed by atoms with Crippen LogP contribution < -0.4 is 48.9 Å². The van der Waals surface area contributed by atoms with Crippen LogP contribution in [0.5, 0.6) is 34.5 Å². The average Bonchev–Trinajstić information content (AvgIpc) is 0.765. The summed E-state index contributed by atoms with van der Waals surface area (Å²) in [7, 11) is -3.63. The molecular weight excluding hydrogens is 1730 g/mol. The smallest absolute Gasteiger partial charge is 0.353 e. The van der Waals surface area contributed by atoms with Gasteiger partial charge < -0.3 is 54.0 Å². The van der Waals surface area contributed by atoms with Gasteiger partial charge in [-0.25, -0.2) is 68.5 Å². The third-order valence-corrected chi connectivity index (χ3v) is 18.7. The first-order valence-corrected chi connectivity index (χ1v) is 39.4. The molecule has 5 heterocycles. The lowest BCUT2D eigenvalue weighted by Gasteiger charge is -2.32. The van der Waals surface area contributed by atoms with Gasteiger partial charge >= 0.3 is 19.4 Å². The Morgan fingerprint density at radius 2 is 0.940 bits per heavy atom. The van der Waals surface area contributed by atoms with Crippen LogP contribution in [0.3, 0.4) is 0 Å². The number of ether oxygens (including phenoxy) is 4. The maximum atomic E-state index is 13.9. The second-order valence-corrected chi connectivity index (χ2v) is 30.2.